The molecule has 1 saturated carbocycles. The lowest BCUT2D eigenvalue weighted by molar-refractivity contribution is -0.117. The van der Waals surface area contributed by atoms with Gasteiger partial charge in [-0.25, -0.2) is 4.98 Å². The van der Waals surface area contributed by atoms with Crippen LogP contribution < -0.4 is 10.1 Å². The van der Waals surface area contributed by atoms with Crippen LogP contribution in [0.4, 0.5) is 5.82 Å². The molecule has 7 heteroatoms. The summed E-state index contributed by atoms with van der Waals surface area (Å²) in [6.07, 6.45) is 2.11. The number of benzene rings is 2. The molecule has 1 aliphatic rings. The van der Waals surface area contributed by atoms with Crippen LogP contribution in [0.5, 0.6) is 5.75 Å². The summed E-state index contributed by atoms with van der Waals surface area (Å²) in [5.74, 6) is 0.730. The number of carbonyl (C=O) groups excluding carboxylic acids is 1. The molecule has 0 saturated heterocycles. The Bertz CT molecular complexity index is 1330. The van der Waals surface area contributed by atoms with Crippen LogP contribution in [0.2, 0.25) is 0 Å². The maximum absolute atomic E-state index is 13.0. The van der Waals surface area contributed by atoms with E-state index in [1.54, 1.807) is 12.1 Å². The zero-order valence-electron chi connectivity index (χ0n) is 17.4. The van der Waals surface area contributed by atoms with E-state index in [4.69, 9.17) is 14.5 Å². The summed E-state index contributed by atoms with van der Waals surface area (Å²) < 4.78 is 11.5. The van der Waals surface area contributed by atoms with E-state index in [-0.39, 0.29) is 11.8 Å². The van der Waals surface area contributed by atoms with Crippen LogP contribution in [-0.2, 0) is 10.2 Å². The molecule has 0 radical (unpaired) electrons. The maximum atomic E-state index is 13.0. The minimum absolute atomic E-state index is 0.115. The number of pyridine rings is 1. The number of amides is 1. The molecular formula is C25H20N4O3. The monoisotopic (exact) mass is 424 g/mol. The fraction of sp³-hybridized carbons (Fsp3) is 0.200. The SMILES string of the molecule is Cc1noc2cc(OCC3(c4ccccc4)CC3C(=O)Nc3ccc(C#N)cn3)ccc12. The second kappa shape index (κ2) is 7.82. The topological polar surface area (TPSA) is 101 Å². The van der Waals surface area contributed by atoms with Crippen LogP contribution in [0.25, 0.3) is 11.0 Å². The van der Waals surface area contributed by atoms with Gasteiger partial charge in [0, 0.05) is 23.1 Å². The number of hydrogen-bond acceptors (Lipinski definition) is 6. The molecule has 0 aliphatic heterocycles. The van der Waals surface area contributed by atoms with Gasteiger partial charge >= 0.3 is 0 Å². The predicted molar refractivity (Wildman–Crippen MR) is 118 cm³/mol. The molecule has 0 bridgehead atoms. The quantitative estimate of drug-likeness (QED) is 0.493. The van der Waals surface area contributed by atoms with Gasteiger partial charge < -0.3 is 14.6 Å². The zero-order chi connectivity index (χ0) is 22.1. The van der Waals surface area contributed by atoms with Crippen molar-refractivity contribution in [3.63, 3.8) is 0 Å². The van der Waals surface area contributed by atoms with Gasteiger partial charge in [0.2, 0.25) is 5.91 Å². The summed E-state index contributed by atoms with van der Waals surface area (Å²) in [5.41, 5.74) is 2.59. The normalized spacial score (nSPS) is 19.3. The van der Waals surface area contributed by atoms with Crippen LogP contribution in [0, 0.1) is 24.2 Å². The van der Waals surface area contributed by atoms with Crippen LogP contribution in [0.3, 0.4) is 0 Å². The first-order valence-electron chi connectivity index (χ1n) is 10.3. The van der Waals surface area contributed by atoms with Crippen LogP contribution in [0.15, 0.2) is 71.4 Å². The number of aryl methyl sites for hydroxylation is 1. The molecule has 5 rings (SSSR count). The average Bonchev–Trinajstić information content (AvgIpc) is 3.48. The van der Waals surface area contributed by atoms with E-state index in [0.717, 1.165) is 16.6 Å². The highest BCUT2D eigenvalue weighted by atomic mass is 16.5. The number of anilines is 1. The minimum Gasteiger partial charge on any atom is -0.492 e. The number of fused-ring (bicyclic) bond motifs is 1. The Morgan fingerprint density at radius 2 is 2.09 bits per heavy atom. The molecule has 0 spiro atoms. The summed E-state index contributed by atoms with van der Waals surface area (Å²) >= 11 is 0. The van der Waals surface area contributed by atoms with Crippen molar-refractivity contribution in [3.05, 3.63) is 83.7 Å². The summed E-state index contributed by atoms with van der Waals surface area (Å²) in [4.78, 5) is 17.2. The van der Waals surface area contributed by atoms with Crippen LogP contribution in [0.1, 0.15) is 23.2 Å². The lowest BCUT2D eigenvalue weighted by Gasteiger charge is -2.19. The summed E-state index contributed by atoms with van der Waals surface area (Å²) in [7, 11) is 0. The van der Waals surface area contributed by atoms with Crippen molar-refractivity contribution >= 4 is 22.7 Å². The number of rotatable bonds is 6. The van der Waals surface area contributed by atoms with Crippen molar-refractivity contribution < 1.29 is 14.1 Å². The van der Waals surface area contributed by atoms with Gasteiger partial charge in [-0.15, -0.1) is 0 Å². The number of ether oxygens (including phenoxy) is 1. The molecule has 158 valence electrons. The summed E-state index contributed by atoms with van der Waals surface area (Å²) in [6.45, 7) is 2.25. The molecular weight excluding hydrogens is 404 g/mol. The molecule has 1 amide bonds. The number of aromatic nitrogens is 2. The maximum Gasteiger partial charge on any atom is 0.229 e. The van der Waals surface area contributed by atoms with Gasteiger partial charge in [0.05, 0.1) is 23.8 Å². The molecule has 2 unspecified atom stereocenters. The van der Waals surface area contributed by atoms with Crippen LogP contribution in [-0.4, -0.2) is 22.7 Å². The van der Waals surface area contributed by atoms with Crippen molar-refractivity contribution in [2.75, 3.05) is 11.9 Å². The molecule has 32 heavy (non-hydrogen) atoms. The minimum atomic E-state index is -0.426. The van der Waals surface area contributed by atoms with E-state index in [1.807, 2.05) is 61.5 Å². The summed E-state index contributed by atoms with van der Waals surface area (Å²) in [6, 6.07) is 20.9. The number of nitrogens with zero attached hydrogens (tertiary/aromatic N) is 3. The first-order chi connectivity index (χ1) is 15.6. The molecule has 2 aromatic heterocycles. The Morgan fingerprint density at radius 3 is 2.84 bits per heavy atom. The number of carbonyl (C=O) groups is 1. The molecule has 2 atom stereocenters. The third-order valence-corrected chi connectivity index (χ3v) is 6.00. The van der Waals surface area contributed by atoms with Gasteiger partial charge in [-0.1, -0.05) is 35.5 Å². The van der Waals surface area contributed by atoms with Gasteiger partial charge in [-0.05, 0) is 43.2 Å². The Balaban J connectivity index is 1.35. The number of nitriles is 1. The summed E-state index contributed by atoms with van der Waals surface area (Å²) in [5, 5.41) is 16.7. The van der Waals surface area contributed by atoms with Gasteiger partial charge in [-0.3, -0.25) is 4.79 Å². The Labute approximate surface area is 184 Å². The van der Waals surface area contributed by atoms with E-state index < -0.39 is 5.41 Å². The van der Waals surface area contributed by atoms with E-state index in [2.05, 4.69) is 15.5 Å². The highest BCUT2D eigenvalue weighted by Crippen LogP contribution is 2.55. The molecule has 1 fully saturated rings. The van der Waals surface area contributed by atoms with Crippen LogP contribution >= 0.6 is 0 Å². The smallest absolute Gasteiger partial charge is 0.229 e. The Kier molecular flexibility index (Phi) is 4.83. The Morgan fingerprint density at radius 1 is 1.25 bits per heavy atom. The second-order valence-corrected chi connectivity index (χ2v) is 8.03. The van der Waals surface area contributed by atoms with Crippen molar-refractivity contribution in [2.24, 2.45) is 5.92 Å². The van der Waals surface area contributed by atoms with Crippen molar-refractivity contribution in [2.45, 2.75) is 18.8 Å². The molecule has 2 heterocycles. The average molecular weight is 424 g/mol. The van der Waals surface area contributed by atoms with Gasteiger partial charge in [0.15, 0.2) is 5.58 Å². The Hall–Kier alpha value is -4.18. The largest absolute Gasteiger partial charge is 0.492 e. The molecule has 1 N–H and O–H groups in total. The molecule has 2 aromatic carbocycles. The molecule has 1 aliphatic carbocycles. The lowest BCUT2D eigenvalue weighted by Crippen LogP contribution is -2.26. The number of hydrogen-bond donors (Lipinski definition) is 1. The highest BCUT2D eigenvalue weighted by molar-refractivity contribution is 5.95. The first-order valence-corrected chi connectivity index (χ1v) is 10.3. The third kappa shape index (κ3) is 3.56. The fourth-order valence-corrected chi connectivity index (χ4v) is 4.07. The standard InChI is InChI=1S/C25H20N4O3/c1-16-20-9-8-19(11-22(20)32-29-16)31-15-25(18-5-3-2-4-6-18)12-21(25)24(30)28-23-10-7-17(13-26)14-27-23/h2-11,14,21H,12,15H2,1H3,(H,27,28,30). The molecule has 7 nitrogen and oxygen atoms in total. The van der Waals surface area contributed by atoms with E-state index in [0.29, 0.717) is 35.7 Å². The van der Waals surface area contributed by atoms with Crippen molar-refractivity contribution in [1.29, 1.82) is 5.26 Å². The van der Waals surface area contributed by atoms with E-state index >= 15 is 0 Å². The number of nitrogens with one attached hydrogen (secondary N) is 1. The molecule has 4 aromatic rings. The fourth-order valence-electron chi connectivity index (χ4n) is 4.07. The van der Waals surface area contributed by atoms with Gasteiger partial charge in [0.25, 0.3) is 0 Å². The predicted octanol–water partition coefficient (Wildman–Crippen LogP) is 4.38. The highest BCUT2D eigenvalue weighted by Gasteiger charge is 2.60. The lowest BCUT2D eigenvalue weighted by atomic mass is 9.93. The van der Waals surface area contributed by atoms with E-state index in [9.17, 15) is 4.79 Å². The van der Waals surface area contributed by atoms with Gasteiger partial charge in [-0.2, -0.15) is 5.26 Å². The van der Waals surface area contributed by atoms with E-state index in [1.165, 1.54) is 6.20 Å². The van der Waals surface area contributed by atoms with Gasteiger partial charge in [0.1, 0.15) is 17.6 Å². The third-order valence-electron chi connectivity index (χ3n) is 6.00. The second-order valence-electron chi connectivity index (χ2n) is 8.03. The first kappa shape index (κ1) is 19.8. The zero-order valence-corrected chi connectivity index (χ0v) is 17.4. The van der Waals surface area contributed by atoms with Crippen molar-refractivity contribution in [1.82, 2.24) is 10.1 Å². The van der Waals surface area contributed by atoms with Crippen molar-refractivity contribution in [3.8, 4) is 11.8 Å².